The molecule has 32 heavy (non-hydrogen) atoms. The summed E-state index contributed by atoms with van der Waals surface area (Å²) in [5, 5.41) is 4.90. The summed E-state index contributed by atoms with van der Waals surface area (Å²) in [4.78, 5) is 12.3. The minimum Gasteiger partial charge on any atom is -0.496 e. The molecule has 1 aliphatic heterocycles. The van der Waals surface area contributed by atoms with Crippen molar-refractivity contribution in [3.05, 3.63) is 47.4 Å². The first-order valence-corrected chi connectivity index (χ1v) is 10.9. The first kappa shape index (κ1) is 24.1. The first-order valence-electron chi connectivity index (χ1n) is 10.9. The minimum atomic E-state index is -0.601. The predicted molar refractivity (Wildman–Crippen MR) is 129 cm³/mol. The van der Waals surface area contributed by atoms with Crippen molar-refractivity contribution in [3.63, 3.8) is 0 Å². The number of methoxy groups -OCH3 is 1. The van der Waals surface area contributed by atoms with E-state index in [4.69, 9.17) is 18.8 Å². The molecule has 7 heteroatoms. The first-order chi connectivity index (χ1) is 14.8. The van der Waals surface area contributed by atoms with E-state index in [2.05, 4.69) is 5.32 Å². The van der Waals surface area contributed by atoms with E-state index in [0.29, 0.717) is 0 Å². The third-order valence-corrected chi connectivity index (χ3v) is 5.87. The summed E-state index contributed by atoms with van der Waals surface area (Å²) in [7, 11) is 1.06. The zero-order chi connectivity index (χ0) is 23.7. The number of amides is 1. The molecule has 6 nitrogen and oxygen atoms in total. The van der Waals surface area contributed by atoms with E-state index in [1.807, 2.05) is 90.9 Å². The molecule has 0 bridgehead atoms. The zero-order valence-electron chi connectivity index (χ0n) is 20.4. The molecular weight excluding hydrogens is 405 g/mol. The van der Waals surface area contributed by atoms with Gasteiger partial charge in [-0.1, -0.05) is 36.4 Å². The molecule has 0 spiro atoms. The minimum absolute atomic E-state index is 0.228. The summed E-state index contributed by atoms with van der Waals surface area (Å²) in [6, 6.07) is 12.0. The lowest BCUT2D eigenvalue weighted by Gasteiger charge is -2.32. The van der Waals surface area contributed by atoms with Crippen molar-refractivity contribution in [2.75, 3.05) is 13.7 Å². The lowest BCUT2D eigenvalue weighted by atomic mass is 9.76. The third kappa shape index (κ3) is 5.27. The monoisotopic (exact) mass is 439 g/mol. The van der Waals surface area contributed by atoms with Crippen LogP contribution in [-0.2, 0) is 14.0 Å². The average Bonchev–Trinajstić information content (AvgIpc) is 2.90. The Hall–Kier alpha value is -2.51. The quantitative estimate of drug-likeness (QED) is 0.633. The van der Waals surface area contributed by atoms with Crippen LogP contribution in [0.25, 0.3) is 16.8 Å². The van der Waals surface area contributed by atoms with Crippen LogP contribution in [0.4, 0.5) is 4.79 Å². The molecule has 1 heterocycles. The lowest BCUT2D eigenvalue weighted by molar-refractivity contribution is 0.00578. The number of benzene rings is 2. The number of alkyl carbamates (subject to hydrolysis) is 1. The van der Waals surface area contributed by atoms with Crippen molar-refractivity contribution in [3.8, 4) is 5.75 Å². The summed E-state index contributed by atoms with van der Waals surface area (Å²) in [5.74, 6) is 0.807. The maximum atomic E-state index is 12.3. The average molecular weight is 439 g/mol. The fraction of sp³-hybridized carbons (Fsp3) is 0.480. The van der Waals surface area contributed by atoms with E-state index < -0.39 is 30.0 Å². The Morgan fingerprint density at radius 1 is 1.03 bits per heavy atom. The van der Waals surface area contributed by atoms with Crippen LogP contribution in [0.1, 0.15) is 54.0 Å². The molecule has 0 aliphatic carbocycles. The highest BCUT2D eigenvalue weighted by Crippen LogP contribution is 2.39. The summed E-state index contributed by atoms with van der Waals surface area (Å²) in [5.41, 5.74) is 0.210. The van der Waals surface area contributed by atoms with Crippen molar-refractivity contribution in [1.29, 1.82) is 0 Å². The van der Waals surface area contributed by atoms with Crippen LogP contribution in [0.3, 0.4) is 0 Å². The summed E-state index contributed by atoms with van der Waals surface area (Å²) in [6.45, 7) is 13.8. The van der Waals surface area contributed by atoms with Gasteiger partial charge < -0.3 is 24.1 Å². The van der Waals surface area contributed by atoms with E-state index in [0.717, 1.165) is 27.6 Å². The fourth-order valence-electron chi connectivity index (χ4n) is 3.48. The van der Waals surface area contributed by atoms with Crippen molar-refractivity contribution in [2.24, 2.45) is 0 Å². The number of rotatable bonds is 5. The van der Waals surface area contributed by atoms with Crippen LogP contribution in [0, 0.1) is 0 Å². The van der Waals surface area contributed by atoms with Gasteiger partial charge in [-0.25, -0.2) is 4.79 Å². The third-order valence-electron chi connectivity index (χ3n) is 5.87. The second-order valence-corrected chi connectivity index (χ2v) is 10.1. The Kier molecular flexibility index (Phi) is 6.63. The van der Waals surface area contributed by atoms with Crippen LogP contribution < -0.4 is 10.1 Å². The molecular formula is C25H34BNO5. The second kappa shape index (κ2) is 8.79. The number of carbonyl (C=O) groups is 1. The predicted octanol–water partition coefficient (Wildman–Crippen LogP) is 5.39. The number of nitrogens with one attached hydrogen (secondary N) is 1. The molecule has 2 aromatic rings. The topological polar surface area (TPSA) is 66.0 Å². The van der Waals surface area contributed by atoms with Gasteiger partial charge in [-0.2, -0.15) is 0 Å². The molecule has 1 N–H and O–H groups in total. The number of carbonyl (C=O) groups excluding carboxylic acids is 1. The summed E-state index contributed by atoms with van der Waals surface area (Å²) < 4.78 is 23.5. The Balaban J connectivity index is 1.99. The highest BCUT2D eigenvalue weighted by atomic mass is 16.7. The Labute approximate surface area is 191 Å². The van der Waals surface area contributed by atoms with E-state index in [1.165, 1.54) is 0 Å². The highest BCUT2D eigenvalue weighted by molar-refractivity contribution is 6.56. The molecule has 3 rings (SSSR count). The molecule has 0 radical (unpaired) electrons. The zero-order valence-corrected chi connectivity index (χ0v) is 20.4. The second-order valence-electron chi connectivity index (χ2n) is 10.1. The van der Waals surface area contributed by atoms with E-state index in [9.17, 15) is 4.79 Å². The molecule has 172 valence electrons. The SMILES string of the molecule is COc1ccc(C=C(CNC(=O)OC(C)(C)C)B2OC(C)(C)C(C)(C)O2)c2ccccc12. The molecule has 1 fully saturated rings. The van der Waals surface area contributed by atoms with Crippen LogP contribution in [-0.4, -0.2) is 43.7 Å². The smallest absolute Gasteiger partial charge is 0.492 e. The van der Waals surface area contributed by atoms with Crippen molar-refractivity contribution in [1.82, 2.24) is 5.32 Å². The van der Waals surface area contributed by atoms with E-state index >= 15 is 0 Å². The van der Waals surface area contributed by atoms with Gasteiger partial charge in [0.1, 0.15) is 11.4 Å². The Morgan fingerprint density at radius 2 is 1.62 bits per heavy atom. The van der Waals surface area contributed by atoms with Crippen molar-refractivity contribution >= 4 is 30.1 Å². The molecule has 0 unspecified atom stereocenters. The van der Waals surface area contributed by atoms with Gasteiger partial charge in [0.2, 0.25) is 0 Å². The van der Waals surface area contributed by atoms with E-state index in [-0.39, 0.29) is 6.54 Å². The maximum absolute atomic E-state index is 12.3. The van der Waals surface area contributed by atoms with Gasteiger partial charge in [-0.3, -0.25) is 0 Å². The van der Waals surface area contributed by atoms with Gasteiger partial charge in [0.05, 0.1) is 18.3 Å². The van der Waals surface area contributed by atoms with Gasteiger partial charge in [0.25, 0.3) is 0 Å². The van der Waals surface area contributed by atoms with Gasteiger partial charge in [-0.15, -0.1) is 0 Å². The standard InChI is InChI=1S/C25H34BNO5/c1-23(2,3)30-22(28)27-16-18(26-31-24(4,5)25(6,7)32-26)15-17-13-14-21(29-8)20-12-10-9-11-19(17)20/h9-15H,16H2,1-8H3,(H,27,28). The van der Waals surface area contributed by atoms with Gasteiger partial charge >= 0.3 is 13.2 Å². The van der Waals surface area contributed by atoms with Crippen LogP contribution in [0.2, 0.25) is 0 Å². The van der Waals surface area contributed by atoms with E-state index in [1.54, 1.807) is 7.11 Å². The number of fused-ring (bicyclic) bond motifs is 1. The molecule has 1 saturated heterocycles. The normalized spacial score (nSPS) is 18.0. The molecule has 0 atom stereocenters. The summed E-state index contributed by atoms with van der Waals surface area (Å²) in [6.07, 6.45) is 1.53. The molecule has 2 aromatic carbocycles. The van der Waals surface area contributed by atoms with Crippen LogP contribution in [0.15, 0.2) is 41.9 Å². The van der Waals surface area contributed by atoms with Crippen LogP contribution in [0.5, 0.6) is 5.75 Å². The molecule has 0 aromatic heterocycles. The van der Waals surface area contributed by atoms with Gasteiger partial charge in [0, 0.05) is 11.9 Å². The summed E-state index contributed by atoms with van der Waals surface area (Å²) >= 11 is 0. The van der Waals surface area contributed by atoms with Crippen LogP contribution >= 0.6 is 0 Å². The van der Waals surface area contributed by atoms with Crippen molar-refractivity contribution in [2.45, 2.75) is 65.3 Å². The van der Waals surface area contributed by atoms with Gasteiger partial charge in [-0.05, 0) is 71.0 Å². The van der Waals surface area contributed by atoms with Gasteiger partial charge in [0.15, 0.2) is 0 Å². The Morgan fingerprint density at radius 3 is 2.19 bits per heavy atom. The highest BCUT2D eigenvalue weighted by Gasteiger charge is 2.52. The molecule has 0 saturated carbocycles. The number of hydrogen-bond acceptors (Lipinski definition) is 5. The molecule has 1 aliphatic rings. The lowest BCUT2D eigenvalue weighted by Crippen LogP contribution is -2.41. The molecule has 1 amide bonds. The fourth-order valence-corrected chi connectivity index (χ4v) is 3.48. The largest absolute Gasteiger partial charge is 0.496 e. The van der Waals surface area contributed by atoms with Crippen molar-refractivity contribution < 1.29 is 23.6 Å². The maximum Gasteiger partial charge on any atom is 0.492 e. The number of ether oxygens (including phenoxy) is 2. The Bertz CT molecular complexity index is 1010. The number of hydrogen-bond donors (Lipinski definition) is 1.